The van der Waals surface area contributed by atoms with Crippen molar-refractivity contribution in [3.63, 3.8) is 0 Å². The summed E-state index contributed by atoms with van der Waals surface area (Å²) in [5.41, 5.74) is 4.10. The van der Waals surface area contributed by atoms with Crippen molar-refractivity contribution in [2.24, 2.45) is 0 Å². The lowest BCUT2D eigenvalue weighted by atomic mass is 9.99. The molecule has 0 radical (unpaired) electrons. The SMILES string of the molecule is CCOC(c1cc(OC)c(OC)c(OC)c1)c1nccc(C)c1C. The van der Waals surface area contributed by atoms with E-state index >= 15 is 0 Å². The van der Waals surface area contributed by atoms with Crippen LogP contribution in [0, 0.1) is 13.8 Å². The predicted molar refractivity (Wildman–Crippen MR) is 93.3 cm³/mol. The van der Waals surface area contributed by atoms with Gasteiger partial charge >= 0.3 is 0 Å². The predicted octanol–water partition coefficient (Wildman–Crippen LogP) is 3.85. The van der Waals surface area contributed by atoms with Crippen molar-refractivity contribution >= 4 is 0 Å². The summed E-state index contributed by atoms with van der Waals surface area (Å²) in [5, 5.41) is 0. The Balaban J connectivity index is 2.61. The number of hydrogen-bond donors (Lipinski definition) is 0. The molecule has 24 heavy (non-hydrogen) atoms. The highest BCUT2D eigenvalue weighted by Gasteiger charge is 2.23. The Morgan fingerprint density at radius 3 is 2.12 bits per heavy atom. The number of rotatable bonds is 7. The minimum atomic E-state index is -0.302. The van der Waals surface area contributed by atoms with E-state index in [0.717, 1.165) is 16.8 Å². The lowest BCUT2D eigenvalue weighted by Gasteiger charge is -2.22. The van der Waals surface area contributed by atoms with Gasteiger partial charge < -0.3 is 18.9 Å². The maximum absolute atomic E-state index is 6.01. The van der Waals surface area contributed by atoms with E-state index in [1.54, 1.807) is 21.3 Å². The summed E-state index contributed by atoms with van der Waals surface area (Å²) in [5.74, 6) is 1.76. The second kappa shape index (κ2) is 8.02. The molecule has 0 spiro atoms. The van der Waals surface area contributed by atoms with Crippen molar-refractivity contribution in [2.45, 2.75) is 26.9 Å². The lowest BCUT2D eigenvalue weighted by molar-refractivity contribution is 0.0874. The molecule has 1 atom stereocenters. The molecule has 0 aliphatic rings. The van der Waals surface area contributed by atoms with E-state index in [9.17, 15) is 0 Å². The summed E-state index contributed by atoms with van der Waals surface area (Å²) in [7, 11) is 4.80. The third-order valence-corrected chi connectivity index (χ3v) is 4.09. The molecule has 0 fully saturated rings. The first-order chi connectivity index (χ1) is 11.6. The van der Waals surface area contributed by atoms with E-state index in [2.05, 4.69) is 18.8 Å². The van der Waals surface area contributed by atoms with Gasteiger partial charge in [0.2, 0.25) is 5.75 Å². The molecule has 0 saturated heterocycles. The van der Waals surface area contributed by atoms with Gasteiger partial charge in [-0.15, -0.1) is 0 Å². The number of ether oxygens (including phenoxy) is 4. The van der Waals surface area contributed by atoms with Crippen LogP contribution in [-0.2, 0) is 4.74 Å². The second-order valence-electron chi connectivity index (χ2n) is 5.43. The fourth-order valence-electron chi connectivity index (χ4n) is 2.67. The molecule has 0 aliphatic carbocycles. The highest BCUT2D eigenvalue weighted by Crippen LogP contribution is 2.41. The Morgan fingerprint density at radius 2 is 1.62 bits per heavy atom. The van der Waals surface area contributed by atoms with Crippen LogP contribution >= 0.6 is 0 Å². The fraction of sp³-hybridized carbons (Fsp3) is 0.421. The van der Waals surface area contributed by atoms with Gasteiger partial charge in [0.1, 0.15) is 6.10 Å². The molecule has 1 aromatic carbocycles. The first kappa shape index (κ1) is 18.1. The van der Waals surface area contributed by atoms with Crippen LogP contribution in [0.25, 0.3) is 0 Å². The Labute approximate surface area is 143 Å². The molecule has 0 amide bonds. The molecule has 1 aromatic heterocycles. The van der Waals surface area contributed by atoms with Crippen LogP contribution in [0.4, 0.5) is 0 Å². The van der Waals surface area contributed by atoms with Gasteiger partial charge in [-0.3, -0.25) is 4.98 Å². The molecule has 0 N–H and O–H groups in total. The van der Waals surface area contributed by atoms with Crippen molar-refractivity contribution in [2.75, 3.05) is 27.9 Å². The molecular formula is C19H25NO4. The summed E-state index contributed by atoms with van der Waals surface area (Å²) in [6.45, 7) is 6.66. The van der Waals surface area contributed by atoms with Gasteiger partial charge in [-0.25, -0.2) is 0 Å². The van der Waals surface area contributed by atoms with Crippen LogP contribution in [0.2, 0.25) is 0 Å². The molecule has 0 bridgehead atoms. The van der Waals surface area contributed by atoms with E-state index in [-0.39, 0.29) is 6.10 Å². The average molecular weight is 331 g/mol. The van der Waals surface area contributed by atoms with Crippen LogP contribution in [0.15, 0.2) is 24.4 Å². The third kappa shape index (κ3) is 3.46. The van der Waals surface area contributed by atoms with Crippen molar-refractivity contribution in [1.29, 1.82) is 0 Å². The zero-order valence-corrected chi connectivity index (χ0v) is 15.2. The monoisotopic (exact) mass is 331 g/mol. The fourth-order valence-corrected chi connectivity index (χ4v) is 2.67. The zero-order valence-electron chi connectivity index (χ0n) is 15.2. The van der Waals surface area contributed by atoms with Gasteiger partial charge in [0.15, 0.2) is 11.5 Å². The van der Waals surface area contributed by atoms with Crippen LogP contribution < -0.4 is 14.2 Å². The van der Waals surface area contributed by atoms with Crippen molar-refractivity contribution < 1.29 is 18.9 Å². The minimum absolute atomic E-state index is 0.302. The van der Waals surface area contributed by atoms with Crippen molar-refractivity contribution in [1.82, 2.24) is 4.98 Å². The number of aryl methyl sites for hydroxylation is 1. The molecule has 5 nitrogen and oxygen atoms in total. The maximum Gasteiger partial charge on any atom is 0.203 e. The Kier molecular flexibility index (Phi) is 6.04. The summed E-state index contributed by atoms with van der Waals surface area (Å²) < 4.78 is 22.3. The smallest absolute Gasteiger partial charge is 0.203 e. The quantitative estimate of drug-likeness (QED) is 0.771. The Bertz CT molecular complexity index is 675. The van der Waals surface area contributed by atoms with E-state index < -0.39 is 0 Å². The van der Waals surface area contributed by atoms with Gasteiger partial charge in [-0.1, -0.05) is 0 Å². The van der Waals surface area contributed by atoms with Crippen molar-refractivity contribution in [3.8, 4) is 17.2 Å². The summed E-state index contributed by atoms with van der Waals surface area (Å²) >= 11 is 0. The number of aromatic nitrogens is 1. The topological polar surface area (TPSA) is 49.8 Å². The van der Waals surface area contributed by atoms with Gasteiger partial charge in [0, 0.05) is 12.8 Å². The number of hydrogen-bond acceptors (Lipinski definition) is 5. The number of benzene rings is 1. The highest BCUT2D eigenvalue weighted by atomic mass is 16.5. The van der Waals surface area contributed by atoms with Crippen LogP contribution in [0.5, 0.6) is 17.2 Å². The minimum Gasteiger partial charge on any atom is -0.493 e. The standard InChI is InChI=1S/C19H25NO4/c1-7-24-18(17-13(3)12(2)8-9-20-17)14-10-15(21-4)19(23-6)16(11-14)22-5/h8-11,18H,7H2,1-6H3. The molecule has 130 valence electrons. The van der Waals surface area contributed by atoms with Gasteiger partial charge in [-0.05, 0) is 55.7 Å². The van der Waals surface area contributed by atoms with E-state index in [0.29, 0.717) is 23.9 Å². The van der Waals surface area contributed by atoms with E-state index in [1.807, 2.05) is 31.3 Å². The van der Waals surface area contributed by atoms with Gasteiger partial charge in [-0.2, -0.15) is 0 Å². The Morgan fingerprint density at radius 1 is 1.00 bits per heavy atom. The normalized spacial score (nSPS) is 11.9. The summed E-state index contributed by atoms with van der Waals surface area (Å²) in [6.07, 6.45) is 1.50. The number of nitrogens with zero attached hydrogens (tertiary/aromatic N) is 1. The number of pyridine rings is 1. The molecule has 0 aliphatic heterocycles. The maximum atomic E-state index is 6.01. The van der Waals surface area contributed by atoms with Crippen LogP contribution in [-0.4, -0.2) is 32.9 Å². The molecule has 5 heteroatoms. The van der Waals surface area contributed by atoms with Crippen molar-refractivity contribution in [3.05, 3.63) is 46.8 Å². The molecule has 2 rings (SSSR count). The number of methoxy groups -OCH3 is 3. The summed E-state index contributed by atoms with van der Waals surface area (Å²) in [4.78, 5) is 4.55. The van der Waals surface area contributed by atoms with Crippen LogP contribution in [0.3, 0.4) is 0 Å². The highest BCUT2D eigenvalue weighted by molar-refractivity contribution is 5.55. The molecule has 1 heterocycles. The first-order valence-electron chi connectivity index (χ1n) is 7.90. The largest absolute Gasteiger partial charge is 0.493 e. The molecule has 0 saturated carbocycles. The molecule has 1 unspecified atom stereocenters. The summed E-state index contributed by atoms with van der Waals surface area (Å²) in [6, 6.07) is 5.81. The molecular weight excluding hydrogens is 306 g/mol. The first-order valence-corrected chi connectivity index (χ1v) is 7.90. The van der Waals surface area contributed by atoms with Gasteiger partial charge in [0.05, 0.1) is 27.0 Å². The molecule has 2 aromatic rings. The van der Waals surface area contributed by atoms with Gasteiger partial charge in [0.25, 0.3) is 0 Å². The van der Waals surface area contributed by atoms with E-state index in [4.69, 9.17) is 18.9 Å². The second-order valence-corrected chi connectivity index (χ2v) is 5.43. The van der Waals surface area contributed by atoms with E-state index in [1.165, 1.54) is 5.56 Å². The lowest BCUT2D eigenvalue weighted by Crippen LogP contribution is -2.11. The van der Waals surface area contributed by atoms with Crippen LogP contribution in [0.1, 0.15) is 35.4 Å². The zero-order chi connectivity index (χ0) is 17.7. The Hall–Kier alpha value is -2.27. The third-order valence-electron chi connectivity index (χ3n) is 4.09. The average Bonchev–Trinajstić information content (AvgIpc) is 2.61.